The van der Waals surface area contributed by atoms with E-state index in [1.54, 1.807) is 18.2 Å². The normalized spacial score (nSPS) is 11.8. The van der Waals surface area contributed by atoms with Crippen molar-refractivity contribution in [3.63, 3.8) is 0 Å². The lowest BCUT2D eigenvalue weighted by atomic mass is 9.75. The number of hydrogen-bond donors (Lipinski definition) is 5. The highest BCUT2D eigenvalue weighted by molar-refractivity contribution is 5.52. The predicted octanol–water partition coefficient (Wildman–Crippen LogP) is 2.46. The zero-order chi connectivity index (χ0) is 18.8. The molecule has 0 heterocycles. The van der Waals surface area contributed by atoms with Crippen LogP contribution in [0.4, 0.5) is 0 Å². The van der Waals surface area contributed by atoms with Crippen molar-refractivity contribution in [2.75, 3.05) is 0 Å². The quantitative estimate of drug-likeness (QED) is 0.553. The monoisotopic (exact) mass is 346 g/mol. The lowest BCUT2D eigenvalue weighted by molar-refractivity contribution is 0.263. The molecule has 0 atom stereocenters. The molecule has 5 N–H and O–H groups in total. The third-order valence-electron chi connectivity index (χ3n) is 4.87. The molecule has 0 aliphatic carbocycles. The van der Waals surface area contributed by atoms with Crippen LogP contribution in [0.25, 0.3) is 0 Å². The maximum absolute atomic E-state index is 10.2. The van der Waals surface area contributed by atoms with E-state index in [1.165, 1.54) is 0 Å². The molecule has 2 aromatic carbocycles. The number of phenols is 2. The van der Waals surface area contributed by atoms with Crippen LogP contribution in [0, 0.1) is 0 Å². The minimum absolute atomic E-state index is 0.0967. The van der Waals surface area contributed by atoms with Crippen LogP contribution in [-0.4, -0.2) is 25.5 Å². The summed E-state index contributed by atoms with van der Waals surface area (Å²) >= 11 is 0. The van der Waals surface area contributed by atoms with Gasteiger partial charge in [-0.3, -0.25) is 0 Å². The average Bonchev–Trinajstić information content (AvgIpc) is 2.61. The minimum Gasteiger partial charge on any atom is -0.507 e. The van der Waals surface area contributed by atoms with Gasteiger partial charge in [-0.05, 0) is 41.3 Å². The molecule has 0 unspecified atom stereocenters. The number of hydrogen-bond acceptors (Lipinski definition) is 5. The van der Waals surface area contributed by atoms with Gasteiger partial charge in [-0.15, -0.1) is 0 Å². The van der Waals surface area contributed by atoms with E-state index in [1.807, 2.05) is 26.8 Å². The molecular formula is C20H26O5. The van der Waals surface area contributed by atoms with Crippen molar-refractivity contribution in [1.29, 1.82) is 0 Å². The van der Waals surface area contributed by atoms with Crippen LogP contribution in [0.15, 0.2) is 24.3 Å². The van der Waals surface area contributed by atoms with Gasteiger partial charge in [-0.25, -0.2) is 0 Å². The number of aryl methyl sites for hydroxylation is 1. The zero-order valence-electron chi connectivity index (χ0n) is 14.9. The molecule has 0 aliphatic rings. The summed E-state index contributed by atoms with van der Waals surface area (Å²) < 4.78 is 0. The number of aromatic hydroxyl groups is 2. The number of rotatable bonds is 6. The summed E-state index contributed by atoms with van der Waals surface area (Å²) in [7, 11) is 0. The van der Waals surface area contributed by atoms with E-state index in [0.717, 1.165) is 16.7 Å². The van der Waals surface area contributed by atoms with Crippen molar-refractivity contribution in [1.82, 2.24) is 0 Å². The molecule has 25 heavy (non-hydrogen) atoms. The van der Waals surface area contributed by atoms with Crippen LogP contribution in [0.5, 0.6) is 11.5 Å². The minimum atomic E-state index is -0.525. The Balaban J connectivity index is 2.66. The topological polar surface area (TPSA) is 101 Å². The first kappa shape index (κ1) is 19.2. The van der Waals surface area contributed by atoms with Crippen LogP contribution in [0.3, 0.4) is 0 Å². The van der Waals surface area contributed by atoms with Crippen LogP contribution < -0.4 is 0 Å². The van der Waals surface area contributed by atoms with Gasteiger partial charge in [-0.2, -0.15) is 0 Å². The predicted molar refractivity (Wildman–Crippen MR) is 95.5 cm³/mol. The lowest BCUT2D eigenvalue weighted by Gasteiger charge is -2.29. The van der Waals surface area contributed by atoms with Gasteiger partial charge in [0.15, 0.2) is 0 Å². The summed E-state index contributed by atoms with van der Waals surface area (Å²) in [6.45, 7) is 4.97. The molecule has 0 radical (unpaired) electrons. The van der Waals surface area contributed by atoms with Gasteiger partial charge in [0.2, 0.25) is 0 Å². The fraction of sp³-hybridized carbons (Fsp3) is 0.400. The Labute approximate surface area is 147 Å². The van der Waals surface area contributed by atoms with Crippen LogP contribution >= 0.6 is 0 Å². The Bertz CT molecular complexity index is 651. The first-order chi connectivity index (χ1) is 11.8. The van der Waals surface area contributed by atoms with E-state index in [2.05, 4.69) is 0 Å². The first-order valence-electron chi connectivity index (χ1n) is 8.33. The summed E-state index contributed by atoms with van der Waals surface area (Å²) in [5, 5.41) is 48.8. The molecule has 0 spiro atoms. The van der Waals surface area contributed by atoms with Crippen molar-refractivity contribution in [3.05, 3.63) is 57.6 Å². The molecule has 0 saturated heterocycles. The Hall–Kier alpha value is -2.08. The van der Waals surface area contributed by atoms with Crippen molar-refractivity contribution in [2.45, 2.75) is 52.4 Å². The molecule has 0 fully saturated rings. The summed E-state index contributed by atoms with van der Waals surface area (Å²) in [5.74, 6) is 0.0166. The molecule has 2 aromatic rings. The second-order valence-electron chi connectivity index (χ2n) is 6.74. The van der Waals surface area contributed by atoms with E-state index >= 15 is 0 Å². The van der Waals surface area contributed by atoms with E-state index in [0.29, 0.717) is 23.1 Å². The molecule has 136 valence electrons. The standard InChI is InChI=1S/C20H26O5/c1-4-12-5-16(6-13(9-21)18(12)24)20(2,3)17-7-14(10-22)19(25)15(8-17)11-23/h5-8,21-25H,4,9-11H2,1-3H3. The molecule has 0 amide bonds. The molecule has 5 heteroatoms. The molecule has 0 bridgehead atoms. The SMILES string of the molecule is CCc1cc(C(C)(C)c2cc(CO)c(O)c(CO)c2)cc(CO)c1O. The van der Waals surface area contributed by atoms with Crippen molar-refractivity contribution in [3.8, 4) is 11.5 Å². The highest BCUT2D eigenvalue weighted by Gasteiger charge is 2.27. The van der Waals surface area contributed by atoms with Crippen LogP contribution in [-0.2, 0) is 31.7 Å². The van der Waals surface area contributed by atoms with Gasteiger partial charge in [0.25, 0.3) is 0 Å². The molecule has 5 nitrogen and oxygen atoms in total. The third kappa shape index (κ3) is 3.49. The van der Waals surface area contributed by atoms with Gasteiger partial charge in [-0.1, -0.05) is 26.8 Å². The van der Waals surface area contributed by atoms with Gasteiger partial charge >= 0.3 is 0 Å². The van der Waals surface area contributed by atoms with E-state index in [9.17, 15) is 25.5 Å². The van der Waals surface area contributed by atoms with Gasteiger partial charge in [0.1, 0.15) is 11.5 Å². The number of aliphatic hydroxyl groups excluding tert-OH is 3. The van der Waals surface area contributed by atoms with E-state index < -0.39 is 5.41 Å². The summed E-state index contributed by atoms with van der Waals surface area (Å²) in [6, 6.07) is 7.09. The molecule has 0 aliphatic heterocycles. The maximum Gasteiger partial charge on any atom is 0.126 e. The smallest absolute Gasteiger partial charge is 0.126 e. The highest BCUT2D eigenvalue weighted by atomic mass is 16.3. The Morgan fingerprint density at radius 3 is 1.32 bits per heavy atom. The molecular weight excluding hydrogens is 320 g/mol. The number of benzene rings is 2. The Kier molecular flexibility index (Phi) is 5.72. The van der Waals surface area contributed by atoms with E-state index in [4.69, 9.17) is 0 Å². The third-order valence-corrected chi connectivity index (χ3v) is 4.87. The van der Waals surface area contributed by atoms with Gasteiger partial charge in [0, 0.05) is 22.1 Å². The van der Waals surface area contributed by atoms with Crippen molar-refractivity contribution < 1.29 is 25.5 Å². The lowest BCUT2D eigenvalue weighted by Crippen LogP contribution is -2.20. The van der Waals surface area contributed by atoms with E-state index in [-0.39, 0.29) is 31.3 Å². The Morgan fingerprint density at radius 1 is 0.680 bits per heavy atom. The molecule has 0 saturated carbocycles. The second-order valence-corrected chi connectivity index (χ2v) is 6.74. The van der Waals surface area contributed by atoms with Crippen LogP contribution in [0.2, 0.25) is 0 Å². The zero-order valence-corrected chi connectivity index (χ0v) is 14.9. The largest absolute Gasteiger partial charge is 0.507 e. The maximum atomic E-state index is 10.2. The second kappa shape index (κ2) is 7.44. The van der Waals surface area contributed by atoms with Crippen molar-refractivity contribution >= 4 is 0 Å². The van der Waals surface area contributed by atoms with Gasteiger partial charge < -0.3 is 25.5 Å². The van der Waals surface area contributed by atoms with Crippen molar-refractivity contribution in [2.24, 2.45) is 0 Å². The summed E-state index contributed by atoms with van der Waals surface area (Å²) in [4.78, 5) is 0. The van der Waals surface area contributed by atoms with Gasteiger partial charge in [0.05, 0.1) is 19.8 Å². The molecule has 2 rings (SSSR count). The Morgan fingerprint density at radius 2 is 1.00 bits per heavy atom. The fourth-order valence-electron chi connectivity index (χ4n) is 3.04. The fourth-order valence-corrected chi connectivity index (χ4v) is 3.04. The first-order valence-corrected chi connectivity index (χ1v) is 8.33. The number of aliphatic hydroxyl groups is 3. The average molecular weight is 346 g/mol. The summed E-state index contributed by atoms with van der Waals surface area (Å²) in [5.41, 5.74) is 3.10. The molecule has 0 aromatic heterocycles. The van der Waals surface area contributed by atoms with Crippen LogP contribution in [0.1, 0.15) is 54.2 Å². The summed E-state index contributed by atoms with van der Waals surface area (Å²) in [6.07, 6.45) is 0.627. The highest BCUT2D eigenvalue weighted by Crippen LogP contribution is 2.38.